The smallest absolute Gasteiger partial charge is 0.325 e. The summed E-state index contributed by atoms with van der Waals surface area (Å²) in [5, 5.41) is 2.46. The van der Waals surface area contributed by atoms with Crippen molar-refractivity contribution in [2.75, 3.05) is 47.6 Å². The molecule has 1 aliphatic heterocycles. The largest absolute Gasteiger partial charge is 0.493 e. The number of hydrogen-bond donors (Lipinski definition) is 1. The molecule has 0 saturated carbocycles. The topological polar surface area (TPSA) is 103 Å². The summed E-state index contributed by atoms with van der Waals surface area (Å²) in [5.74, 6) is 0.0157. The van der Waals surface area contributed by atoms with Crippen LogP contribution in [-0.2, 0) is 14.3 Å². The molecule has 1 fully saturated rings. The number of benzene rings is 1. The van der Waals surface area contributed by atoms with Crippen LogP contribution in [0.3, 0.4) is 0 Å². The quantitative estimate of drug-likeness (QED) is 0.646. The molecule has 0 radical (unpaired) electrons. The highest BCUT2D eigenvalue weighted by molar-refractivity contribution is 5.97. The molecule has 0 unspecified atom stereocenters. The maximum absolute atomic E-state index is 12.4. The summed E-state index contributed by atoms with van der Waals surface area (Å²) in [6, 6.07) is 2.95. The van der Waals surface area contributed by atoms with Crippen LogP contribution in [0.15, 0.2) is 12.1 Å². The van der Waals surface area contributed by atoms with Gasteiger partial charge in [0.2, 0.25) is 5.75 Å². The molecular weight excluding hydrogens is 380 g/mol. The van der Waals surface area contributed by atoms with Gasteiger partial charge in [-0.1, -0.05) is 6.92 Å². The minimum absolute atomic E-state index is 0.221. The van der Waals surface area contributed by atoms with E-state index in [-0.39, 0.29) is 24.6 Å². The number of methoxy groups -OCH3 is 3. The van der Waals surface area contributed by atoms with Crippen molar-refractivity contribution in [3.63, 3.8) is 0 Å². The van der Waals surface area contributed by atoms with Crippen LogP contribution in [0, 0.1) is 5.92 Å². The summed E-state index contributed by atoms with van der Waals surface area (Å²) >= 11 is 0. The van der Waals surface area contributed by atoms with Gasteiger partial charge in [0, 0.05) is 18.7 Å². The highest BCUT2D eigenvalue weighted by atomic mass is 16.5. The van der Waals surface area contributed by atoms with Gasteiger partial charge in [-0.2, -0.15) is 0 Å². The molecule has 9 heteroatoms. The Morgan fingerprint density at radius 1 is 1.10 bits per heavy atom. The van der Waals surface area contributed by atoms with Crippen molar-refractivity contribution in [1.29, 1.82) is 0 Å². The standard InChI is InChI=1S/C20H28N2O7/c1-13-6-5-7-22(11-13)17(23)12-29-18(24)10-21-20(25)14-8-15(26-2)19(28-4)16(9-14)27-3/h8-9,13H,5-7,10-12H2,1-4H3,(H,21,25)/t13-/m0/s1. The van der Waals surface area contributed by atoms with Gasteiger partial charge in [-0.3, -0.25) is 14.4 Å². The average molecular weight is 408 g/mol. The van der Waals surface area contributed by atoms with Gasteiger partial charge in [-0.15, -0.1) is 0 Å². The minimum Gasteiger partial charge on any atom is -0.493 e. The summed E-state index contributed by atoms with van der Waals surface area (Å²) in [6.07, 6.45) is 2.04. The fraction of sp³-hybridized carbons (Fsp3) is 0.550. The van der Waals surface area contributed by atoms with Crippen LogP contribution in [-0.4, -0.2) is 70.3 Å². The molecule has 0 bridgehead atoms. The van der Waals surface area contributed by atoms with Gasteiger partial charge in [0.1, 0.15) is 6.54 Å². The van der Waals surface area contributed by atoms with Crippen molar-refractivity contribution >= 4 is 17.8 Å². The van der Waals surface area contributed by atoms with E-state index in [1.54, 1.807) is 4.90 Å². The van der Waals surface area contributed by atoms with Gasteiger partial charge in [0.25, 0.3) is 11.8 Å². The molecule has 2 amide bonds. The highest BCUT2D eigenvalue weighted by Crippen LogP contribution is 2.38. The number of esters is 1. The molecule has 1 atom stereocenters. The van der Waals surface area contributed by atoms with E-state index in [2.05, 4.69) is 12.2 Å². The maximum atomic E-state index is 12.4. The lowest BCUT2D eigenvalue weighted by atomic mass is 10.0. The lowest BCUT2D eigenvalue weighted by Gasteiger charge is -2.30. The summed E-state index contributed by atoms with van der Waals surface area (Å²) in [7, 11) is 4.34. The summed E-state index contributed by atoms with van der Waals surface area (Å²) in [4.78, 5) is 38.1. The highest BCUT2D eigenvalue weighted by Gasteiger charge is 2.22. The zero-order valence-corrected chi connectivity index (χ0v) is 17.3. The lowest BCUT2D eigenvalue weighted by Crippen LogP contribution is -2.42. The molecule has 1 aliphatic rings. The number of rotatable bonds is 8. The van der Waals surface area contributed by atoms with Crippen LogP contribution in [0.5, 0.6) is 17.2 Å². The van der Waals surface area contributed by atoms with E-state index in [0.29, 0.717) is 36.3 Å². The molecule has 1 aromatic rings. The Morgan fingerprint density at radius 3 is 2.31 bits per heavy atom. The Balaban J connectivity index is 1.87. The molecule has 2 rings (SSSR count). The molecule has 29 heavy (non-hydrogen) atoms. The van der Waals surface area contributed by atoms with E-state index in [4.69, 9.17) is 18.9 Å². The second-order valence-electron chi connectivity index (χ2n) is 6.84. The molecule has 1 N–H and O–H groups in total. The van der Waals surface area contributed by atoms with Gasteiger partial charge < -0.3 is 29.2 Å². The Morgan fingerprint density at radius 2 is 1.76 bits per heavy atom. The number of piperidine rings is 1. The number of carbonyl (C=O) groups is 3. The third kappa shape index (κ3) is 6.00. The number of nitrogens with zero attached hydrogens (tertiary/aromatic N) is 1. The van der Waals surface area contributed by atoms with Crippen molar-refractivity contribution in [2.24, 2.45) is 5.92 Å². The Hall–Kier alpha value is -2.97. The lowest BCUT2D eigenvalue weighted by molar-refractivity contribution is -0.151. The van der Waals surface area contributed by atoms with Gasteiger partial charge in [0.05, 0.1) is 21.3 Å². The van der Waals surface area contributed by atoms with Gasteiger partial charge >= 0.3 is 5.97 Å². The maximum Gasteiger partial charge on any atom is 0.325 e. The molecule has 9 nitrogen and oxygen atoms in total. The molecule has 1 aromatic carbocycles. The number of amides is 2. The fourth-order valence-corrected chi connectivity index (χ4v) is 3.17. The van der Waals surface area contributed by atoms with E-state index >= 15 is 0 Å². The van der Waals surface area contributed by atoms with Crippen molar-refractivity contribution < 1.29 is 33.3 Å². The third-order valence-electron chi connectivity index (χ3n) is 4.69. The van der Waals surface area contributed by atoms with Crippen molar-refractivity contribution in [2.45, 2.75) is 19.8 Å². The first kappa shape index (κ1) is 22.3. The Bertz CT molecular complexity index is 725. The SMILES string of the molecule is COc1cc(C(=O)NCC(=O)OCC(=O)N2CCC[C@H](C)C2)cc(OC)c1OC. The van der Waals surface area contributed by atoms with E-state index in [1.807, 2.05) is 0 Å². The molecule has 160 valence electrons. The van der Waals surface area contributed by atoms with Crippen LogP contribution in [0.2, 0.25) is 0 Å². The van der Waals surface area contributed by atoms with Gasteiger partial charge in [-0.25, -0.2) is 0 Å². The number of nitrogens with one attached hydrogen (secondary N) is 1. The van der Waals surface area contributed by atoms with Crippen LogP contribution in [0.25, 0.3) is 0 Å². The average Bonchev–Trinajstić information content (AvgIpc) is 2.74. The molecule has 1 heterocycles. The summed E-state index contributed by atoms with van der Waals surface area (Å²) in [5.41, 5.74) is 0.227. The Kier molecular flexibility index (Phi) is 8.11. The van der Waals surface area contributed by atoms with Crippen LogP contribution < -0.4 is 19.5 Å². The van der Waals surface area contributed by atoms with Gasteiger partial charge in [-0.05, 0) is 30.9 Å². The molecule has 0 aliphatic carbocycles. The van der Waals surface area contributed by atoms with Crippen LogP contribution in [0.4, 0.5) is 0 Å². The van der Waals surface area contributed by atoms with Crippen molar-refractivity contribution in [3.05, 3.63) is 17.7 Å². The van der Waals surface area contributed by atoms with Crippen LogP contribution in [0.1, 0.15) is 30.1 Å². The summed E-state index contributed by atoms with van der Waals surface area (Å²) in [6.45, 7) is 2.75. The van der Waals surface area contributed by atoms with E-state index in [0.717, 1.165) is 12.8 Å². The zero-order chi connectivity index (χ0) is 21.4. The molecule has 0 spiro atoms. The normalized spacial score (nSPS) is 16.0. The van der Waals surface area contributed by atoms with Crippen molar-refractivity contribution in [1.82, 2.24) is 10.2 Å². The molecule has 1 saturated heterocycles. The molecule has 0 aromatic heterocycles. The molecular formula is C20H28N2O7. The fourth-order valence-electron chi connectivity index (χ4n) is 3.17. The number of likely N-dealkylation sites (tertiary alicyclic amines) is 1. The number of hydrogen-bond acceptors (Lipinski definition) is 7. The van der Waals surface area contributed by atoms with Crippen molar-refractivity contribution in [3.8, 4) is 17.2 Å². The predicted octanol–water partition coefficient (Wildman–Crippen LogP) is 1.24. The van der Waals surface area contributed by atoms with Crippen LogP contribution >= 0.6 is 0 Å². The second kappa shape index (κ2) is 10.5. The van der Waals surface area contributed by atoms with E-state index < -0.39 is 11.9 Å². The predicted molar refractivity (Wildman–Crippen MR) is 104 cm³/mol. The van der Waals surface area contributed by atoms with Gasteiger partial charge in [0.15, 0.2) is 18.1 Å². The summed E-state index contributed by atoms with van der Waals surface area (Å²) < 4.78 is 20.6. The van der Waals surface area contributed by atoms with E-state index in [1.165, 1.54) is 33.5 Å². The number of carbonyl (C=O) groups excluding carboxylic acids is 3. The monoisotopic (exact) mass is 408 g/mol. The Labute approximate surface area is 170 Å². The minimum atomic E-state index is -0.691. The number of ether oxygens (including phenoxy) is 4. The first-order valence-electron chi connectivity index (χ1n) is 9.41. The third-order valence-corrected chi connectivity index (χ3v) is 4.69. The first-order valence-corrected chi connectivity index (χ1v) is 9.41. The van der Waals surface area contributed by atoms with E-state index in [9.17, 15) is 14.4 Å². The first-order chi connectivity index (χ1) is 13.9. The second-order valence-corrected chi connectivity index (χ2v) is 6.84. The zero-order valence-electron chi connectivity index (χ0n) is 17.3.